The molecule has 0 atom stereocenters. The van der Waals surface area contributed by atoms with Crippen molar-refractivity contribution in [3.8, 4) is 5.69 Å². The van der Waals surface area contributed by atoms with Gasteiger partial charge in [0, 0.05) is 31.0 Å². The van der Waals surface area contributed by atoms with Gasteiger partial charge in [-0.05, 0) is 37.4 Å². The summed E-state index contributed by atoms with van der Waals surface area (Å²) < 4.78 is 1.73. The average Bonchev–Trinajstić information content (AvgIpc) is 3.06. The van der Waals surface area contributed by atoms with Gasteiger partial charge in [0.2, 0.25) is 11.8 Å². The smallest absolute Gasteiger partial charge is 0.243 e. The van der Waals surface area contributed by atoms with Crippen molar-refractivity contribution >= 4 is 29.9 Å². The molecule has 0 radical (unpaired) electrons. The molecular weight excluding hydrogens is 318 g/mol. The summed E-state index contributed by atoms with van der Waals surface area (Å²) in [4.78, 5) is 23.1. The van der Waals surface area contributed by atoms with E-state index < -0.39 is 0 Å². The van der Waals surface area contributed by atoms with Gasteiger partial charge in [0.1, 0.15) is 0 Å². The van der Waals surface area contributed by atoms with Crippen LogP contribution in [0.2, 0.25) is 0 Å². The summed E-state index contributed by atoms with van der Waals surface area (Å²) in [6, 6.07) is 9.13. The monoisotopic (exact) mass is 337 g/mol. The molecule has 2 amide bonds. The Morgan fingerprint density at radius 2 is 1.91 bits per heavy atom. The van der Waals surface area contributed by atoms with Gasteiger partial charge in [-0.1, -0.05) is 0 Å². The third-order valence-electron chi connectivity index (χ3n) is 2.97. The number of benzene rings is 1. The minimum absolute atomic E-state index is 0. The van der Waals surface area contributed by atoms with Crippen molar-refractivity contribution in [3.63, 3.8) is 0 Å². The van der Waals surface area contributed by atoms with Crippen LogP contribution in [0.15, 0.2) is 42.7 Å². The van der Waals surface area contributed by atoms with Crippen LogP contribution >= 0.6 is 12.4 Å². The quantitative estimate of drug-likeness (QED) is 0.702. The van der Waals surface area contributed by atoms with E-state index in [0.29, 0.717) is 18.7 Å². The van der Waals surface area contributed by atoms with Crippen LogP contribution in [0.1, 0.15) is 6.42 Å². The molecule has 1 aromatic carbocycles. The van der Waals surface area contributed by atoms with Gasteiger partial charge in [0.05, 0.1) is 12.2 Å². The molecule has 0 spiro atoms. The number of carbonyl (C=O) groups is 2. The first-order valence-corrected chi connectivity index (χ1v) is 7.00. The molecule has 2 rings (SSSR count). The molecule has 0 unspecified atom stereocenters. The van der Waals surface area contributed by atoms with E-state index >= 15 is 0 Å². The normalized spacial score (nSPS) is 9.78. The van der Waals surface area contributed by atoms with E-state index in [-0.39, 0.29) is 30.8 Å². The van der Waals surface area contributed by atoms with Crippen molar-refractivity contribution in [2.45, 2.75) is 6.42 Å². The minimum atomic E-state index is -0.260. The predicted molar refractivity (Wildman–Crippen MR) is 91.0 cm³/mol. The third kappa shape index (κ3) is 6.09. The fourth-order valence-electron chi connectivity index (χ4n) is 1.83. The maximum Gasteiger partial charge on any atom is 0.243 e. The fourth-order valence-corrected chi connectivity index (χ4v) is 1.83. The third-order valence-corrected chi connectivity index (χ3v) is 2.97. The molecule has 1 heterocycles. The van der Waals surface area contributed by atoms with Crippen LogP contribution in [-0.2, 0) is 9.59 Å². The number of aromatic nitrogens is 2. The van der Waals surface area contributed by atoms with Crippen LogP contribution < -0.4 is 16.0 Å². The molecule has 3 N–H and O–H groups in total. The molecule has 2 aromatic rings. The zero-order valence-corrected chi connectivity index (χ0v) is 13.6. The van der Waals surface area contributed by atoms with Crippen molar-refractivity contribution in [2.24, 2.45) is 0 Å². The van der Waals surface area contributed by atoms with E-state index in [4.69, 9.17) is 0 Å². The first-order chi connectivity index (χ1) is 10.7. The molecule has 23 heavy (non-hydrogen) atoms. The number of hydrogen-bond acceptors (Lipinski definition) is 4. The number of carbonyl (C=O) groups excluding carboxylic acids is 2. The number of rotatable bonds is 7. The van der Waals surface area contributed by atoms with Crippen LogP contribution in [-0.4, -0.2) is 41.7 Å². The zero-order valence-electron chi connectivity index (χ0n) is 12.8. The number of nitrogens with one attached hydrogen (secondary N) is 3. The summed E-state index contributed by atoms with van der Waals surface area (Å²) in [6.45, 7) is 0.547. The predicted octanol–water partition coefficient (Wildman–Crippen LogP) is 0.958. The van der Waals surface area contributed by atoms with E-state index in [1.165, 1.54) is 0 Å². The summed E-state index contributed by atoms with van der Waals surface area (Å²) in [5, 5.41) is 12.3. The fraction of sp³-hybridized carbons (Fsp3) is 0.267. The highest BCUT2D eigenvalue weighted by Crippen LogP contribution is 2.12. The largest absolute Gasteiger partial charge is 0.347 e. The lowest BCUT2D eigenvalue weighted by molar-refractivity contribution is -0.124. The second-order valence-corrected chi connectivity index (χ2v) is 4.68. The van der Waals surface area contributed by atoms with E-state index in [2.05, 4.69) is 21.0 Å². The highest BCUT2D eigenvalue weighted by molar-refractivity contribution is 5.94. The van der Waals surface area contributed by atoms with Crippen molar-refractivity contribution in [1.29, 1.82) is 0 Å². The Kier molecular flexibility index (Phi) is 7.79. The summed E-state index contributed by atoms with van der Waals surface area (Å²) in [7, 11) is 1.77. The molecule has 8 heteroatoms. The molecule has 0 aliphatic heterocycles. The van der Waals surface area contributed by atoms with Crippen LogP contribution in [0.3, 0.4) is 0 Å². The molecular formula is C15H20ClN5O2. The van der Waals surface area contributed by atoms with Crippen molar-refractivity contribution in [2.75, 3.05) is 25.5 Å². The maximum atomic E-state index is 11.7. The van der Waals surface area contributed by atoms with E-state index in [1.54, 1.807) is 30.1 Å². The van der Waals surface area contributed by atoms with E-state index in [1.807, 2.05) is 24.4 Å². The molecule has 0 aliphatic rings. The maximum absolute atomic E-state index is 11.7. The lowest BCUT2D eigenvalue weighted by Gasteiger charge is -2.08. The van der Waals surface area contributed by atoms with Gasteiger partial charge in [-0.2, -0.15) is 5.10 Å². The molecule has 124 valence electrons. The van der Waals surface area contributed by atoms with Gasteiger partial charge in [-0.3, -0.25) is 9.59 Å². The van der Waals surface area contributed by atoms with Crippen LogP contribution in [0.25, 0.3) is 5.69 Å². The Bertz CT molecular complexity index is 613. The lowest BCUT2D eigenvalue weighted by atomic mass is 10.3. The Hall–Kier alpha value is -2.38. The van der Waals surface area contributed by atoms with Gasteiger partial charge >= 0.3 is 0 Å². The number of hydrogen-bond donors (Lipinski definition) is 3. The van der Waals surface area contributed by atoms with Crippen molar-refractivity contribution < 1.29 is 9.59 Å². The molecule has 1 aromatic heterocycles. The first kappa shape index (κ1) is 18.7. The number of anilines is 1. The van der Waals surface area contributed by atoms with E-state index in [9.17, 15) is 9.59 Å². The Balaban J connectivity index is 0.00000264. The van der Waals surface area contributed by atoms with E-state index in [0.717, 1.165) is 5.69 Å². The Morgan fingerprint density at radius 1 is 1.17 bits per heavy atom. The molecule has 0 saturated carbocycles. The Labute approximate surface area is 140 Å². The summed E-state index contributed by atoms with van der Waals surface area (Å²) in [5.74, 6) is -0.414. The van der Waals surface area contributed by atoms with Crippen LogP contribution in [0.4, 0.5) is 5.69 Å². The lowest BCUT2D eigenvalue weighted by Crippen LogP contribution is -2.34. The average molecular weight is 338 g/mol. The van der Waals surface area contributed by atoms with Crippen LogP contribution in [0, 0.1) is 0 Å². The molecule has 0 bridgehead atoms. The summed E-state index contributed by atoms with van der Waals surface area (Å²) >= 11 is 0. The first-order valence-electron chi connectivity index (χ1n) is 7.00. The molecule has 0 aliphatic carbocycles. The number of halogens is 1. The zero-order chi connectivity index (χ0) is 15.8. The van der Waals surface area contributed by atoms with Gasteiger partial charge in [-0.15, -0.1) is 12.4 Å². The second kappa shape index (κ2) is 9.60. The topological polar surface area (TPSA) is 88.0 Å². The van der Waals surface area contributed by atoms with Gasteiger partial charge in [0.15, 0.2) is 0 Å². The molecule has 7 nitrogen and oxygen atoms in total. The number of nitrogens with zero attached hydrogens (tertiary/aromatic N) is 2. The Morgan fingerprint density at radius 3 is 2.52 bits per heavy atom. The summed E-state index contributed by atoms with van der Waals surface area (Å²) in [5.41, 5.74) is 1.58. The van der Waals surface area contributed by atoms with Crippen LogP contribution in [0.5, 0.6) is 0 Å². The highest BCUT2D eigenvalue weighted by Gasteiger charge is 2.06. The van der Waals surface area contributed by atoms with Crippen molar-refractivity contribution in [1.82, 2.24) is 20.4 Å². The second-order valence-electron chi connectivity index (χ2n) is 4.68. The SMILES string of the molecule is CNCCC(=O)NCC(=O)Nc1ccc(-n2cccn2)cc1.Cl. The van der Waals surface area contributed by atoms with Gasteiger partial charge in [-0.25, -0.2) is 4.68 Å². The number of amides is 2. The molecule has 0 saturated heterocycles. The van der Waals surface area contributed by atoms with Gasteiger partial charge < -0.3 is 16.0 Å². The van der Waals surface area contributed by atoms with Gasteiger partial charge in [0.25, 0.3) is 0 Å². The molecule has 0 fully saturated rings. The van der Waals surface area contributed by atoms with Crippen molar-refractivity contribution in [3.05, 3.63) is 42.7 Å². The highest BCUT2D eigenvalue weighted by atomic mass is 35.5. The standard InChI is InChI=1S/C15H19N5O2.ClH/c1-16-9-7-14(21)17-11-15(22)19-12-3-5-13(6-4-12)20-10-2-8-18-20;/h2-6,8,10,16H,7,9,11H2,1H3,(H,17,21)(H,19,22);1H. The summed E-state index contributed by atoms with van der Waals surface area (Å²) in [6.07, 6.45) is 3.89. The minimum Gasteiger partial charge on any atom is -0.347 e.